The van der Waals surface area contributed by atoms with Crippen LogP contribution in [0.1, 0.15) is 6.42 Å². The molecular weight excluding hydrogens is 147 g/mol. The van der Waals surface area contributed by atoms with Gasteiger partial charge in [-0.2, -0.15) is 14.3 Å². The van der Waals surface area contributed by atoms with Gasteiger partial charge in [0, 0.05) is 0 Å². The van der Waals surface area contributed by atoms with Crippen molar-refractivity contribution < 1.29 is 18.1 Å². The zero-order valence-corrected chi connectivity index (χ0v) is 4.83. The molecule has 0 aliphatic heterocycles. The molecule has 0 aromatic carbocycles. The van der Waals surface area contributed by atoms with Gasteiger partial charge in [-0.05, 0) is 0 Å². The molecule has 56 valence electrons. The summed E-state index contributed by atoms with van der Waals surface area (Å²) in [4.78, 5) is 9.89. The van der Waals surface area contributed by atoms with E-state index in [4.69, 9.17) is 0 Å². The smallest absolute Gasteiger partial charge is 0.265 e. The van der Waals surface area contributed by atoms with E-state index in [1.54, 1.807) is 5.92 Å². The molecule has 0 aliphatic carbocycles. The number of nitrogens with one attached hydrogen (secondary N) is 1. The number of carbonyl (C=O) groups is 1. The molecule has 0 rings (SSSR count). The van der Waals surface area contributed by atoms with Crippen LogP contribution in [0.5, 0.6) is 0 Å². The normalized spacial score (nSPS) is 10.2. The summed E-state index contributed by atoms with van der Waals surface area (Å²) in [5.41, 5.74) is 0.306. The van der Waals surface area contributed by atoms with Gasteiger partial charge in [0.2, 0.25) is 0 Å². The number of hydrogen-bond acceptors (Lipinski definition) is 1. The number of amides is 1. The molecule has 2 nitrogen and oxygen atoms in total. The van der Waals surface area contributed by atoms with Gasteiger partial charge in [-0.3, -0.25) is 4.79 Å². The fraction of sp³-hybridized carbons (Fsp3) is 0.400. The van der Waals surface area contributed by atoms with Crippen molar-refractivity contribution in [1.29, 1.82) is 0 Å². The summed E-state index contributed by atoms with van der Waals surface area (Å²) in [6.45, 7) is 0. The Kier molecular flexibility index (Phi) is 2.74. The van der Waals surface area contributed by atoms with Crippen molar-refractivity contribution >= 4 is 5.91 Å². The molecule has 10 heavy (non-hydrogen) atoms. The lowest BCUT2D eigenvalue weighted by Gasteiger charge is -2.07. The summed E-state index contributed by atoms with van der Waals surface area (Å²) in [6.07, 6.45) is 3.38. The molecule has 0 unspecified atom stereocenters. The molecule has 0 bridgehead atoms. The van der Waals surface area contributed by atoms with Gasteiger partial charge in [0.15, 0.2) is 0 Å². The Hall–Kier alpha value is -1.18. The number of hydrogen-bond donors (Lipinski definition) is 1. The second-order valence-corrected chi connectivity index (χ2v) is 1.51. The van der Waals surface area contributed by atoms with E-state index in [2.05, 4.69) is 6.42 Å². The van der Waals surface area contributed by atoms with Crippen LogP contribution in [-0.4, -0.2) is 11.8 Å². The first-order valence-electron chi connectivity index (χ1n) is 2.27. The summed E-state index contributed by atoms with van der Waals surface area (Å²) in [7, 11) is 0. The number of halogens is 3. The van der Waals surface area contributed by atoms with Gasteiger partial charge in [0.1, 0.15) is 0 Å². The van der Waals surface area contributed by atoms with Crippen LogP contribution in [0.25, 0.3) is 0 Å². The van der Waals surface area contributed by atoms with Gasteiger partial charge >= 0.3 is 11.8 Å². The molecule has 1 N–H and O–H groups in total. The largest absolute Gasteiger partial charge is 0.337 e. The highest BCUT2D eigenvalue weighted by molar-refractivity contribution is 5.82. The summed E-state index contributed by atoms with van der Waals surface area (Å²) >= 11 is 0. The van der Waals surface area contributed by atoms with E-state index in [9.17, 15) is 18.1 Å². The van der Waals surface area contributed by atoms with Gasteiger partial charge in [0.25, 0.3) is 0 Å². The Bertz CT molecular complexity index is 172. The fourth-order valence-electron chi connectivity index (χ4n) is 0.278. The van der Waals surface area contributed by atoms with Crippen LogP contribution < -0.4 is 5.54 Å². The molecule has 1 amide bonds. The number of carbonyl (C=O) groups excluding carboxylic acids is 1. The van der Waals surface area contributed by atoms with Gasteiger partial charge in [-0.15, -0.1) is 10.9 Å². The van der Waals surface area contributed by atoms with Gasteiger partial charge in [0.05, 0.1) is 6.42 Å². The molecule has 0 saturated carbocycles. The predicted octanol–water partition coefficient (Wildman–Crippen LogP) is 0.646. The SMILES string of the molecule is C#CCC(F)(F)C(=O)NF. The molecule has 0 atom stereocenters. The Labute approximate surface area is 55.3 Å². The van der Waals surface area contributed by atoms with Crippen molar-refractivity contribution in [2.45, 2.75) is 12.3 Å². The van der Waals surface area contributed by atoms with E-state index >= 15 is 0 Å². The summed E-state index contributed by atoms with van der Waals surface area (Å²) in [6, 6.07) is 0. The van der Waals surface area contributed by atoms with Crippen molar-refractivity contribution in [3.05, 3.63) is 0 Å². The van der Waals surface area contributed by atoms with Crippen LogP contribution in [0, 0.1) is 12.3 Å². The topological polar surface area (TPSA) is 29.1 Å². The molecule has 0 aliphatic rings. The molecule has 0 saturated heterocycles. The van der Waals surface area contributed by atoms with E-state index in [0.717, 1.165) is 0 Å². The highest BCUT2D eigenvalue weighted by Crippen LogP contribution is 2.17. The molecule has 0 spiro atoms. The van der Waals surface area contributed by atoms with Crippen LogP contribution in [0.15, 0.2) is 0 Å². The minimum Gasteiger partial charge on any atom is -0.265 e. The summed E-state index contributed by atoms with van der Waals surface area (Å²) in [5.74, 6) is -4.27. The first-order valence-corrected chi connectivity index (χ1v) is 2.27. The lowest BCUT2D eigenvalue weighted by molar-refractivity contribution is -0.149. The van der Waals surface area contributed by atoms with Crippen LogP contribution in [0.3, 0.4) is 0 Å². The van der Waals surface area contributed by atoms with Crippen molar-refractivity contribution in [3.63, 3.8) is 0 Å². The summed E-state index contributed by atoms with van der Waals surface area (Å²) < 4.78 is 35.1. The monoisotopic (exact) mass is 151 g/mol. The maximum atomic E-state index is 12.0. The van der Waals surface area contributed by atoms with Crippen LogP contribution in [-0.2, 0) is 4.79 Å². The Balaban J connectivity index is 4.13. The highest BCUT2D eigenvalue weighted by Gasteiger charge is 2.37. The number of terminal acetylenes is 1. The van der Waals surface area contributed by atoms with Crippen LogP contribution >= 0.6 is 0 Å². The predicted molar refractivity (Wildman–Crippen MR) is 27.6 cm³/mol. The standard InChI is InChI=1S/C5H4F3NO/c1-2-3-5(6,7)4(10)9-8/h1H,3H2,(H,9,10). The van der Waals surface area contributed by atoms with Crippen LogP contribution in [0.2, 0.25) is 0 Å². The summed E-state index contributed by atoms with van der Waals surface area (Å²) in [5, 5.41) is 0. The van der Waals surface area contributed by atoms with E-state index in [1.165, 1.54) is 0 Å². The zero-order chi connectivity index (χ0) is 8.20. The minimum atomic E-state index is -3.80. The molecule has 0 heterocycles. The first-order chi connectivity index (χ1) is 4.54. The third kappa shape index (κ3) is 1.97. The van der Waals surface area contributed by atoms with E-state index in [0.29, 0.717) is 5.54 Å². The van der Waals surface area contributed by atoms with E-state index < -0.39 is 18.3 Å². The van der Waals surface area contributed by atoms with Crippen molar-refractivity contribution in [1.82, 2.24) is 5.54 Å². The molecule has 5 heteroatoms. The van der Waals surface area contributed by atoms with Gasteiger partial charge in [-0.25, -0.2) is 0 Å². The number of alkyl halides is 2. The molecular formula is C5H4F3NO. The van der Waals surface area contributed by atoms with Crippen molar-refractivity contribution in [3.8, 4) is 12.3 Å². The molecule has 0 radical (unpaired) electrons. The second kappa shape index (κ2) is 3.11. The average Bonchev–Trinajstić information content (AvgIpc) is 1.86. The third-order valence-corrected chi connectivity index (χ3v) is 0.742. The maximum Gasteiger partial charge on any atom is 0.337 e. The zero-order valence-electron chi connectivity index (χ0n) is 4.83. The van der Waals surface area contributed by atoms with E-state index in [1.807, 2.05) is 0 Å². The highest BCUT2D eigenvalue weighted by atomic mass is 19.3. The maximum absolute atomic E-state index is 12.0. The fourth-order valence-corrected chi connectivity index (χ4v) is 0.278. The van der Waals surface area contributed by atoms with Crippen LogP contribution in [0.4, 0.5) is 13.3 Å². The lowest BCUT2D eigenvalue weighted by Crippen LogP contribution is -2.35. The number of rotatable bonds is 2. The second-order valence-electron chi connectivity index (χ2n) is 1.51. The van der Waals surface area contributed by atoms with Crippen molar-refractivity contribution in [2.24, 2.45) is 0 Å². The Morgan fingerprint density at radius 2 is 2.20 bits per heavy atom. The third-order valence-electron chi connectivity index (χ3n) is 0.742. The van der Waals surface area contributed by atoms with Gasteiger partial charge < -0.3 is 0 Å². The average molecular weight is 151 g/mol. The van der Waals surface area contributed by atoms with Crippen molar-refractivity contribution in [2.75, 3.05) is 0 Å². The van der Waals surface area contributed by atoms with E-state index in [-0.39, 0.29) is 0 Å². The quantitative estimate of drug-likeness (QED) is 0.455. The Morgan fingerprint density at radius 1 is 1.70 bits per heavy atom. The lowest BCUT2D eigenvalue weighted by atomic mass is 10.2. The van der Waals surface area contributed by atoms with Gasteiger partial charge in [-0.1, -0.05) is 5.92 Å². The molecule has 0 aromatic heterocycles. The first kappa shape index (κ1) is 8.82. The molecule has 0 aromatic rings. The minimum absolute atomic E-state index is 0.306. The molecule has 0 fully saturated rings. The Morgan fingerprint density at radius 3 is 2.50 bits per heavy atom.